The Bertz CT molecular complexity index is 370. The first kappa shape index (κ1) is 15.0. The summed E-state index contributed by atoms with van der Waals surface area (Å²) in [6.45, 7) is 4.48. The van der Waals surface area contributed by atoms with Gasteiger partial charge in [0, 0.05) is 0 Å². The van der Waals surface area contributed by atoms with Crippen molar-refractivity contribution in [1.82, 2.24) is 0 Å². The van der Waals surface area contributed by atoms with Gasteiger partial charge in [-0.2, -0.15) is 0 Å². The summed E-state index contributed by atoms with van der Waals surface area (Å²) in [7, 11) is 1.62. The van der Waals surface area contributed by atoms with Crippen LogP contribution in [0.5, 0.6) is 5.75 Å². The molecule has 0 aromatic heterocycles. The van der Waals surface area contributed by atoms with Gasteiger partial charge in [-0.05, 0) is 0 Å². The van der Waals surface area contributed by atoms with E-state index in [1.54, 1.807) is 7.11 Å². The SMILES string of the molecule is CCOP(=O)(OCC)[Te]c1ccc(OC)cc1. The van der Waals surface area contributed by atoms with Gasteiger partial charge in [-0.3, -0.25) is 0 Å². The second-order valence-electron chi connectivity index (χ2n) is 3.05. The Morgan fingerprint density at radius 2 is 1.65 bits per heavy atom. The summed E-state index contributed by atoms with van der Waals surface area (Å²) in [6, 6.07) is 7.57. The molecule has 0 unspecified atom stereocenters. The van der Waals surface area contributed by atoms with Gasteiger partial charge < -0.3 is 0 Å². The molecule has 0 amide bonds. The van der Waals surface area contributed by atoms with E-state index in [1.165, 1.54) is 0 Å². The molecule has 0 aliphatic heterocycles. The zero-order valence-corrected chi connectivity index (χ0v) is 13.4. The minimum atomic E-state index is -2.88. The van der Waals surface area contributed by atoms with Crippen molar-refractivity contribution >= 4 is 29.3 Å². The van der Waals surface area contributed by atoms with E-state index in [1.807, 2.05) is 38.1 Å². The van der Waals surface area contributed by atoms with Crippen molar-refractivity contribution in [3.05, 3.63) is 24.3 Å². The molecule has 0 atom stereocenters. The molecule has 0 saturated heterocycles. The van der Waals surface area contributed by atoms with Crippen LogP contribution >= 0.6 is 5.29 Å². The van der Waals surface area contributed by atoms with E-state index in [-0.39, 0.29) is 0 Å². The van der Waals surface area contributed by atoms with E-state index < -0.39 is 25.7 Å². The van der Waals surface area contributed by atoms with Crippen molar-refractivity contribution in [2.75, 3.05) is 20.3 Å². The van der Waals surface area contributed by atoms with Crippen LogP contribution in [-0.2, 0) is 13.6 Å². The van der Waals surface area contributed by atoms with Crippen LogP contribution in [0.15, 0.2) is 24.3 Å². The summed E-state index contributed by atoms with van der Waals surface area (Å²) < 4.78 is 29.0. The number of hydrogen-bond donors (Lipinski definition) is 0. The Labute approximate surface area is 112 Å². The van der Waals surface area contributed by atoms with Gasteiger partial charge in [0.2, 0.25) is 0 Å². The number of benzene rings is 1. The van der Waals surface area contributed by atoms with E-state index in [0.717, 1.165) is 9.36 Å². The van der Waals surface area contributed by atoms with Crippen LogP contribution in [0.1, 0.15) is 13.8 Å². The first-order valence-electron chi connectivity index (χ1n) is 5.36. The van der Waals surface area contributed by atoms with Crippen LogP contribution in [0.25, 0.3) is 0 Å². The average molecular weight is 372 g/mol. The fraction of sp³-hybridized carbons (Fsp3) is 0.455. The Morgan fingerprint density at radius 1 is 1.12 bits per heavy atom. The van der Waals surface area contributed by atoms with Gasteiger partial charge in [0.15, 0.2) is 0 Å². The maximum atomic E-state index is 12.3. The summed E-state index contributed by atoms with van der Waals surface area (Å²) >= 11 is -0.996. The van der Waals surface area contributed by atoms with Crippen molar-refractivity contribution in [1.29, 1.82) is 0 Å². The molecule has 0 aliphatic carbocycles. The van der Waals surface area contributed by atoms with E-state index >= 15 is 0 Å². The second-order valence-corrected chi connectivity index (χ2v) is 11.4. The molecule has 0 bridgehead atoms. The van der Waals surface area contributed by atoms with Gasteiger partial charge in [0.05, 0.1) is 0 Å². The predicted molar refractivity (Wildman–Crippen MR) is 69.2 cm³/mol. The van der Waals surface area contributed by atoms with Gasteiger partial charge in [-0.25, -0.2) is 0 Å². The van der Waals surface area contributed by atoms with Crippen molar-refractivity contribution in [2.45, 2.75) is 13.8 Å². The maximum absolute atomic E-state index is 12.3. The predicted octanol–water partition coefficient (Wildman–Crippen LogP) is 2.21. The summed E-state index contributed by atoms with van der Waals surface area (Å²) in [6.07, 6.45) is 0. The molecule has 0 aliphatic rings. The fourth-order valence-corrected chi connectivity index (χ4v) is 8.71. The Morgan fingerprint density at radius 3 is 2.06 bits per heavy atom. The van der Waals surface area contributed by atoms with E-state index in [2.05, 4.69) is 0 Å². The summed E-state index contributed by atoms with van der Waals surface area (Å²) in [5.41, 5.74) is 0. The number of rotatable bonds is 7. The summed E-state index contributed by atoms with van der Waals surface area (Å²) in [4.78, 5) is 0. The summed E-state index contributed by atoms with van der Waals surface area (Å²) in [5, 5.41) is -2.88. The number of hydrogen-bond acceptors (Lipinski definition) is 4. The van der Waals surface area contributed by atoms with Gasteiger partial charge in [-0.15, -0.1) is 0 Å². The molecule has 0 spiro atoms. The zero-order chi connectivity index (χ0) is 12.7. The van der Waals surface area contributed by atoms with Gasteiger partial charge >= 0.3 is 112 Å². The quantitative estimate of drug-likeness (QED) is 0.544. The number of ether oxygens (including phenoxy) is 1. The van der Waals surface area contributed by atoms with Crippen molar-refractivity contribution in [2.24, 2.45) is 0 Å². The van der Waals surface area contributed by atoms with E-state index in [4.69, 9.17) is 13.8 Å². The second kappa shape index (κ2) is 7.41. The molecule has 1 rings (SSSR count). The molecular weight excluding hydrogens is 355 g/mol. The molecule has 0 fully saturated rings. The molecule has 17 heavy (non-hydrogen) atoms. The Balaban J connectivity index is 2.75. The molecule has 1 aromatic rings. The van der Waals surface area contributed by atoms with Crippen LogP contribution in [0.2, 0.25) is 0 Å². The molecule has 4 nitrogen and oxygen atoms in total. The van der Waals surface area contributed by atoms with Gasteiger partial charge in [0.25, 0.3) is 0 Å². The van der Waals surface area contributed by atoms with Crippen LogP contribution in [0.4, 0.5) is 0 Å². The van der Waals surface area contributed by atoms with E-state index in [0.29, 0.717) is 13.2 Å². The molecule has 1 aromatic carbocycles. The van der Waals surface area contributed by atoms with Crippen molar-refractivity contribution in [3.63, 3.8) is 0 Å². The monoisotopic (exact) mass is 374 g/mol. The molecule has 0 N–H and O–H groups in total. The van der Waals surface area contributed by atoms with Gasteiger partial charge in [-0.1, -0.05) is 0 Å². The third kappa shape index (κ3) is 4.99. The average Bonchev–Trinajstić information content (AvgIpc) is 2.30. The van der Waals surface area contributed by atoms with E-state index in [9.17, 15) is 4.57 Å². The summed E-state index contributed by atoms with van der Waals surface area (Å²) in [5.74, 6) is 0.795. The standard InChI is InChI=1S/C11H17O4PTe/c1-4-14-16(12,15-5-2)17-11-8-6-10(13-3)7-9-11/h6-9H,4-5H2,1-3H3. The molecule has 0 saturated carbocycles. The van der Waals surface area contributed by atoms with Crippen LogP contribution < -0.4 is 8.35 Å². The van der Waals surface area contributed by atoms with Crippen molar-refractivity contribution < 1.29 is 18.3 Å². The Kier molecular flexibility index (Phi) is 6.54. The number of methoxy groups -OCH3 is 1. The van der Waals surface area contributed by atoms with Crippen LogP contribution in [-0.4, -0.2) is 40.7 Å². The zero-order valence-electron chi connectivity index (χ0n) is 10.2. The fourth-order valence-electron chi connectivity index (χ4n) is 1.17. The molecule has 6 heteroatoms. The first-order chi connectivity index (χ1) is 8.13. The molecule has 0 radical (unpaired) electrons. The molecule has 0 heterocycles. The van der Waals surface area contributed by atoms with Gasteiger partial charge in [0.1, 0.15) is 0 Å². The normalized spacial score (nSPS) is 11.5. The van der Waals surface area contributed by atoms with Crippen molar-refractivity contribution in [3.8, 4) is 5.75 Å². The van der Waals surface area contributed by atoms with Crippen LogP contribution in [0, 0.1) is 0 Å². The minimum absolute atomic E-state index is 0.415. The molecule has 96 valence electrons. The third-order valence-electron chi connectivity index (χ3n) is 1.85. The first-order valence-corrected chi connectivity index (χ1v) is 11.1. The Hall–Kier alpha value is -0.0404. The third-order valence-corrected chi connectivity index (χ3v) is 9.74. The topological polar surface area (TPSA) is 44.8 Å². The molecular formula is C11H17O4PTe. The van der Waals surface area contributed by atoms with Crippen LogP contribution in [0.3, 0.4) is 0 Å².